The lowest BCUT2D eigenvalue weighted by molar-refractivity contribution is 0.0948. The number of carbonyl (C=O) groups is 1. The molecule has 142 valence electrons. The Kier molecular flexibility index (Phi) is 5.76. The predicted molar refractivity (Wildman–Crippen MR) is 106 cm³/mol. The van der Waals surface area contributed by atoms with Gasteiger partial charge in [0.05, 0.1) is 23.8 Å². The first kappa shape index (κ1) is 18.9. The monoisotopic (exact) mass is 367 g/mol. The third-order valence-electron chi connectivity index (χ3n) is 4.47. The van der Waals surface area contributed by atoms with Crippen LogP contribution in [0.15, 0.2) is 36.4 Å². The third-order valence-corrected chi connectivity index (χ3v) is 4.47. The normalized spacial score (nSPS) is 11.0. The molecule has 1 heterocycles. The zero-order valence-electron chi connectivity index (χ0n) is 16.2. The highest BCUT2D eigenvalue weighted by Gasteiger charge is 2.15. The number of hydrogen-bond acceptors (Lipinski definition) is 4. The maximum Gasteiger partial charge on any atom is 0.251 e. The van der Waals surface area contributed by atoms with Gasteiger partial charge in [-0.3, -0.25) is 9.36 Å². The lowest BCUT2D eigenvalue weighted by atomic mass is 10.1. The first-order valence-corrected chi connectivity index (χ1v) is 8.96. The van der Waals surface area contributed by atoms with E-state index in [1.54, 1.807) is 14.2 Å². The van der Waals surface area contributed by atoms with Crippen LogP contribution in [0, 0.1) is 13.8 Å². The molecule has 27 heavy (non-hydrogen) atoms. The molecule has 1 N–H and O–H groups in total. The standard InChI is InChI=1S/C21H25N3O3/c1-14-6-9-20(27-4)19(12-14)24-15(2)23-17-13-16(7-8-18(17)24)21(25)22-10-5-11-26-3/h6-9,12-13H,5,10-11H2,1-4H3,(H,22,25). The van der Waals surface area contributed by atoms with Crippen molar-refractivity contribution in [2.24, 2.45) is 0 Å². The summed E-state index contributed by atoms with van der Waals surface area (Å²) in [5.74, 6) is 1.52. The summed E-state index contributed by atoms with van der Waals surface area (Å²) in [5.41, 5.74) is 4.39. The summed E-state index contributed by atoms with van der Waals surface area (Å²) in [4.78, 5) is 17.0. The fourth-order valence-corrected chi connectivity index (χ4v) is 3.14. The first-order valence-electron chi connectivity index (χ1n) is 8.96. The summed E-state index contributed by atoms with van der Waals surface area (Å²) < 4.78 is 12.6. The van der Waals surface area contributed by atoms with Gasteiger partial charge in [-0.25, -0.2) is 4.98 Å². The third kappa shape index (κ3) is 3.95. The van der Waals surface area contributed by atoms with Gasteiger partial charge in [0.15, 0.2) is 0 Å². The minimum Gasteiger partial charge on any atom is -0.495 e. The highest BCUT2D eigenvalue weighted by atomic mass is 16.5. The number of fused-ring (bicyclic) bond motifs is 1. The maximum absolute atomic E-state index is 12.4. The molecule has 2 aromatic carbocycles. The summed E-state index contributed by atoms with van der Waals surface area (Å²) in [6.45, 7) is 5.20. The molecule has 0 spiro atoms. The van der Waals surface area contributed by atoms with Crippen LogP contribution in [0.5, 0.6) is 5.75 Å². The molecule has 0 unspecified atom stereocenters. The molecular formula is C21H25N3O3. The fourth-order valence-electron chi connectivity index (χ4n) is 3.14. The van der Waals surface area contributed by atoms with Crippen molar-refractivity contribution in [2.45, 2.75) is 20.3 Å². The van der Waals surface area contributed by atoms with E-state index in [0.717, 1.165) is 40.3 Å². The Balaban J connectivity index is 1.95. The Hall–Kier alpha value is -2.86. The molecule has 6 nitrogen and oxygen atoms in total. The van der Waals surface area contributed by atoms with E-state index in [0.29, 0.717) is 18.7 Å². The number of aromatic nitrogens is 2. The van der Waals surface area contributed by atoms with Crippen molar-refractivity contribution >= 4 is 16.9 Å². The molecule has 0 aliphatic heterocycles. The maximum atomic E-state index is 12.4. The van der Waals surface area contributed by atoms with Crippen molar-refractivity contribution in [3.05, 3.63) is 53.3 Å². The van der Waals surface area contributed by atoms with Gasteiger partial charge >= 0.3 is 0 Å². The zero-order valence-corrected chi connectivity index (χ0v) is 16.2. The number of nitrogens with zero attached hydrogens (tertiary/aromatic N) is 2. The number of hydrogen-bond donors (Lipinski definition) is 1. The number of amides is 1. The molecule has 0 saturated heterocycles. The van der Waals surface area contributed by atoms with Crippen LogP contribution in [0.1, 0.15) is 28.2 Å². The van der Waals surface area contributed by atoms with E-state index in [2.05, 4.69) is 20.9 Å². The van der Waals surface area contributed by atoms with Crippen LogP contribution in [0.3, 0.4) is 0 Å². The Morgan fingerprint density at radius 3 is 2.70 bits per heavy atom. The van der Waals surface area contributed by atoms with E-state index in [9.17, 15) is 4.79 Å². The Morgan fingerprint density at radius 1 is 1.15 bits per heavy atom. The number of aryl methyl sites for hydroxylation is 2. The van der Waals surface area contributed by atoms with E-state index in [4.69, 9.17) is 9.47 Å². The van der Waals surface area contributed by atoms with Gasteiger partial charge in [0.25, 0.3) is 5.91 Å². The lowest BCUT2D eigenvalue weighted by Crippen LogP contribution is -2.25. The molecule has 0 aliphatic rings. The van der Waals surface area contributed by atoms with Crippen LogP contribution in [0.25, 0.3) is 16.7 Å². The zero-order chi connectivity index (χ0) is 19.4. The number of imidazole rings is 1. The van der Waals surface area contributed by atoms with Crippen molar-refractivity contribution in [2.75, 3.05) is 27.4 Å². The van der Waals surface area contributed by atoms with Gasteiger partial charge < -0.3 is 14.8 Å². The minimum absolute atomic E-state index is 0.103. The summed E-state index contributed by atoms with van der Waals surface area (Å²) in [5, 5.41) is 2.90. The average Bonchev–Trinajstić information content (AvgIpc) is 2.99. The number of ether oxygens (including phenoxy) is 2. The van der Waals surface area contributed by atoms with E-state index in [1.165, 1.54) is 0 Å². The van der Waals surface area contributed by atoms with Crippen molar-refractivity contribution in [1.82, 2.24) is 14.9 Å². The molecule has 0 fully saturated rings. The van der Waals surface area contributed by atoms with Crippen LogP contribution >= 0.6 is 0 Å². The van der Waals surface area contributed by atoms with Crippen molar-refractivity contribution in [3.63, 3.8) is 0 Å². The summed E-state index contributed by atoms with van der Waals surface area (Å²) in [6.07, 6.45) is 0.783. The van der Waals surface area contributed by atoms with Crippen LogP contribution < -0.4 is 10.1 Å². The highest BCUT2D eigenvalue weighted by Crippen LogP contribution is 2.29. The molecule has 0 atom stereocenters. The van der Waals surface area contributed by atoms with Crippen LogP contribution in [-0.4, -0.2) is 42.8 Å². The van der Waals surface area contributed by atoms with Crippen LogP contribution in [0.4, 0.5) is 0 Å². The quantitative estimate of drug-likeness (QED) is 0.650. The van der Waals surface area contributed by atoms with Crippen molar-refractivity contribution in [3.8, 4) is 11.4 Å². The Labute approximate surface area is 159 Å². The minimum atomic E-state index is -0.103. The lowest BCUT2D eigenvalue weighted by Gasteiger charge is -2.13. The number of benzene rings is 2. The molecule has 0 saturated carbocycles. The molecule has 6 heteroatoms. The number of nitrogens with one attached hydrogen (secondary N) is 1. The smallest absolute Gasteiger partial charge is 0.251 e. The van der Waals surface area contributed by atoms with Gasteiger partial charge in [-0.15, -0.1) is 0 Å². The van der Waals surface area contributed by atoms with Crippen molar-refractivity contribution < 1.29 is 14.3 Å². The second kappa shape index (κ2) is 8.22. The molecular weight excluding hydrogens is 342 g/mol. The topological polar surface area (TPSA) is 65.4 Å². The van der Waals surface area contributed by atoms with Gasteiger partial charge in [-0.05, 0) is 56.2 Å². The molecule has 0 bridgehead atoms. The predicted octanol–water partition coefficient (Wildman–Crippen LogP) is 3.42. The average molecular weight is 367 g/mol. The number of carbonyl (C=O) groups excluding carboxylic acids is 1. The van der Waals surface area contributed by atoms with Gasteiger partial charge in [0.2, 0.25) is 0 Å². The number of methoxy groups -OCH3 is 2. The fraction of sp³-hybridized carbons (Fsp3) is 0.333. The molecule has 0 aliphatic carbocycles. The summed E-state index contributed by atoms with van der Waals surface area (Å²) in [6, 6.07) is 11.6. The van der Waals surface area contributed by atoms with Gasteiger partial charge in [0.1, 0.15) is 11.6 Å². The summed E-state index contributed by atoms with van der Waals surface area (Å²) >= 11 is 0. The molecule has 1 aromatic heterocycles. The molecule has 1 amide bonds. The van der Waals surface area contributed by atoms with Crippen LogP contribution in [0.2, 0.25) is 0 Å². The second-order valence-electron chi connectivity index (χ2n) is 6.48. The molecule has 3 aromatic rings. The molecule has 0 radical (unpaired) electrons. The summed E-state index contributed by atoms with van der Waals surface area (Å²) in [7, 11) is 3.31. The van der Waals surface area contributed by atoms with E-state index < -0.39 is 0 Å². The van der Waals surface area contributed by atoms with Gasteiger partial charge in [-0.2, -0.15) is 0 Å². The SMILES string of the molecule is COCCCNC(=O)c1ccc2c(c1)nc(C)n2-c1cc(C)ccc1OC. The first-order chi connectivity index (χ1) is 13.0. The van der Waals surface area contributed by atoms with E-state index >= 15 is 0 Å². The second-order valence-corrected chi connectivity index (χ2v) is 6.48. The van der Waals surface area contributed by atoms with E-state index in [-0.39, 0.29) is 5.91 Å². The number of rotatable bonds is 7. The van der Waals surface area contributed by atoms with Gasteiger partial charge in [-0.1, -0.05) is 6.07 Å². The Bertz CT molecular complexity index is 963. The van der Waals surface area contributed by atoms with E-state index in [1.807, 2.05) is 44.2 Å². The van der Waals surface area contributed by atoms with Crippen molar-refractivity contribution in [1.29, 1.82) is 0 Å². The van der Waals surface area contributed by atoms with Gasteiger partial charge in [0, 0.05) is 25.8 Å². The molecule has 3 rings (SSSR count). The Morgan fingerprint density at radius 2 is 1.96 bits per heavy atom. The largest absolute Gasteiger partial charge is 0.495 e. The van der Waals surface area contributed by atoms with Crippen LogP contribution in [-0.2, 0) is 4.74 Å². The highest BCUT2D eigenvalue weighted by molar-refractivity contribution is 5.97.